The summed E-state index contributed by atoms with van der Waals surface area (Å²) in [5.74, 6) is -1.59. The molecule has 0 aromatic heterocycles. The van der Waals surface area contributed by atoms with Gasteiger partial charge in [0.2, 0.25) is 0 Å². The summed E-state index contributed by atoms with van der Waals surface area (Å²) >= 11 is 0. The van der Waals surface area contributed by atoms with Crippen LogP contribution in [0.25, 0.3) is 0 Å². The van der Waals surface area contributed by atoms with Gasteiger partial charge in [-0.25, -0.2) is 9.13 Å². The van der Waals surface area contributed by atoms with E-state index in [-0.39, 0.29) is 19.3 Å². The summed E-state index contributed by atoms with van der Waals surface area (Å²) in [4.78, 5) is 58.8. The molecule has 0 fully saturated rings. The summed E-state index contributed by atoms with van der Waals surface area (Å²) in [5, 5.41) is 20.7. The van der Waals surface area contributed by atoms with Crippen LogP contribution in [0, 0.1) is 0 Å². The van der Waals surface area contributed by atoms with Gasteiger partial charge in [0.25, 0.3) is 0 Å². The minimum Gasteiger partial charge on any atom is -0.463 e. The largest absolute Gasteiger partial charge is 0.472 e. The van der Waals surface area contributed by atoms with Crippen molar-refractivity contribution in [2.45, 2.75) is 373 Å². The third-order valence-electron chi connectivity index (χ3n) is 17.8. The Morgan fingerprint density at radius 2 is 0.495 bits per heavy atom. The molecule has 0 heterocycles. The van der Waals surface area contributed by atoms with Crippen molar-refractivity contribution in [3.8, 4) is 0 Å². The van der Waals surface area contributed by atoms with E-state index in [0.29, 0.717) is 19.3 Å². The number of esters is 3. The quantitative estimate of drug-likeness (QED) is 0.0146. The normalized spacial score (nSPS) is 14.6. The molecule has 5 unspecified atom stereocenters. The summed E-state index contributed by atoms with van der Waals surface area (Å²) in [5.41, 5.74) is 0. The number of hydrogen-bond acceptors (Lipinski definition) is 14. The van der Waals surface area contributed by atoms with Crippen molar-refractivity contribution in [1.82, 2.24) is 0 Å². The minimum absolute atomic E-state index is 0.0823. The fraction of sp³-hybridized carbons (Fsp3) is 0.719. The Balaban J connectivity index is 4.53. The number of phosphoric ester groups is 2. The fourth-order valence-corrected chi connectivity index (χ4v) is 13.0. The number of hydrogen-bond donors (Lipinski definition) is 4. The van der Waals surface area contributed by atoms with E-state index in [1.807, 2.05) is 0 Å². The number of carbonyl (C=O) groups excluding carboxylic acids is 3. The molecule has 616 valence electrons. The summed E-state index contributed by atoms with van der Waals surface area (Å²) in [6, 6.07) is 0. The second-order valence-electron chi connectivity index (χ2n) is 28.2. The molecule has 5 atom stereocenters. The molecule has 0 spiro atoms. The average Bonchev–Trinajstić information content (AvgIpc) is 0.919. The van der Waals surface area contributed by atoms with E-state index in [0.717, 1.165) is 148 Å². The van der Waals surface area contributed by atoms with Crippen LogP contribution in [0.5, 0.6) is 0 Å². The van der Waals surface area contributed by atoms with Gasteiger partial charge in [0, 0.05) is 19.3 Å². The predicted octanol–water partition coefficient (Wildman–Crippen LogP) is 25.4. The van der Waals surface area contributed by atoms with Gasteiger partial charge in [-0.3, -0.25) is 32.5 Å². The van der Waals surface area contributed by atoms with Gasteiger partial charge in [0.15, 0.2) is 6.10 Å². The minimum atomic E-state index is -4.94. The third-order valence-corrected chi connectivity index (χ3v) is 19.7. The van der Waals surface area contributed by atoms with Gasteiger partial charge < -0.3 is 34.2 Å². The molecule has 0 aliphatic rings. The monoisotopic (exact) mass is 1540 g/mol. The van der Waals surface area contributed by atoms with Crippen LogP contribution in [0.3, 0.4) is 0 Å². The lowest BCUT2D eigenvalue weighted by molar-refractivity contribution is -0.161. The molecule has 107 heavy (non-hydrogen) atoms. The molecular weight excluding hydrogens is 1390 g/mol. The van der Waals surface area contributed by atoms with E-state index < -0.39 is 91.5 Å². The Labute approximate surface area is 652 Å². The Morgan fingerprint density at radius 1 is 0.271 bits per heavy atom. The molecule has 0 radical (unpaired) electrons. The first-order chi connectivity index (χ1) is 52.2. The van der Waals surface area contributed by atoms with E-state index in [9.17, 15) is 43.5 Å². The zero-order valence-electron chi connectivity index (χ0n) is 67.5. The van der Waals surface area contributed by atoms with Crippen molar-refractivity contribution in [3.63, 3.8) is 0 Å². The van der Waals surface area contributed by atoms with Gasteiger partial charge in [0.05, 0.1) is 26.4 Å². The van der Waals surface area contributed by atoms with Crippen LogP contribution in [-0.4, -0.2) is 95.9 Å². The van der Waals surface area contributed by atoms with Crippen LogP contribution in [0.4, 0.5) is 0 Å². The SMILES string of the molecule is CC/C=C\C/C=C\C/C=C\CCCCCCCC(=O)OC(COC(=O)CCCCCCCCCCCCC/C=C\C/C=C\C/C=C\C/C=C\CCCCC)COP(=O)(O)OCC(O)COP(=O)(O)OCC(O)COC(=O)CCCCCCCCCCCCCCC/C=C\C/C=C\C/C=C\C/C=C\CCCCC. The van der Waals surface area contributed by atoms with Gasteiger partial charge in [-0.15, -0.1) is 0 Å². The molecule has 0 aromatic rings. The van der Waals surface area contributed by atoms with Crippen LogP contribution >= 0.6 is 15.6 Å². The number of rotatable bonds is 80. The first-order valence-corrected chi connectivity index (χ1v) is 45.5. The van der Waals surface area contributed by atoms with Crippen LogP contribution in [0.15, 0.2) is 134 Å². The summed E-state index contributed by atoms with van der Waals surface area (Å²) < 4.78 is 61.3. The number of carbonyl (C=O) groups is 3. The molecular formula is C89H154O16P2. The highest BCUT2D eigenvalue weighted by atomic mass is 31.2. The highest BCUT2D eigenvalue weighted by Gasteiger charge is 2.29. The maximum Gasteiger partial charge on any atom is 0.472 e. The van der Waals surface area contributed by atoms with Crippen molar-refractivity contribution >= 4 is 33.6 Å². The molecule has 0 rings (SSSR count). The van der Waals surface area contributed by atoms with Crippen molar-refractivity contribution in [2.24, 2.45) is 0 Å². The maximum atomic E-state index is 13.0. The van der Waals surface area contributed by atoms with E-state index in [4.69, 9.17) is 32.3 Å². The zero-order chi connectivity index (χ0) is 78.0. The molecule has 4 N–H and O–H groups in total. The molecule has 0 aliphatic heterocycles. The summed E-state index contributed by atoms with van der Waals surface area (Å²) in [6.45, 7) is 2.52. The van der Waals surface area contributed by atoms with E-state index in [1.165, 1.54) is 148 Å². The van der Waals surface area contributed by atoms with Crippen LogP contribution in [-0.2, 0) is 55.8 Å². The molecule has 0 saturated heterocycles. The molecule has 0 aromatic carbocycles. The first-order valence-electron chi connectivity index (χ1n) is 42.5. The Kier molecular flexibility index (Phi) is 77.9. The second-order valence-corrected chi connectivity index (χ2v) is 31.2. The molecule has 0 saturated carbocycles. The van der Waals surface area contributed by atoms with Crippen molar-refractivity contribution < 1.29 is 75.8 Å². The molecule has 16 nitrogen and oxygen atoms in total. The second kappa shape index (κ2) is 81.2. The van der Waals surface area contributed by atoms with Gasteiger partial charge in [-0.1, -0.05) is 328 Å². The zero-order valence-corrected chi connectivity index (χ0v) is 69.3. The van der Waals surface area contributed by atoms with E-state index in [2.05, 4.69) is 154 Å². The predicted molar refractivity (Wildman–Crippen MR) is 445 cm³/mol. The highest BCUT2D eigenvalue weighted by molar-refractivity contribution is 7.47. The average molecular weight is 1540 g/mol. The fourth-order valence-electron chi connectivity index (χ4n) is 11.4. The molecule has 0 bridgehead atoms. The lowest BCUT2D eigenvalue weighted by Crippen LogP contribution is -2.30. The number of unbranched alkanes of at least 4 members (excludes halogenated alkanes) is 35. The van der Waals surface area contributed by atoms with E-state index in [1.54, 1.807) is 0 Å². The van der Waals surface area contributed by atoms with Crippen LogP contribution in [0.1, 0.15) is 355 Å². The van der Waals surface area contributed by atoms with Crippen LogP contribution < -0.4 is 0 Å². The maximum absolute atomic E-state index is 13.0. The molecule has 0 aliphatic carbocycles. The van der Waals surface area contributed by atoms with Crippen LogP contribution in [0.2, 0.25) is 0 Å². The summed E-state index contributed by atoms with van der Waals surface area (Å²) in [7, 11) is -9.80. The number of ether oxygens (including phenoxy) is 3. The number of aliphatic hydroxyl groups excluding tert-OH is 2. The number of phosphoric acid groups is 2. The molecule has 18 heteroatoms. The lowest BCUT2D eigenvalue weighted by atomic mass is 10.0. The van der Waals surface area contributed by atoms with E-state index >= 15 is 0 Å². The standard InChI is InChI=1S/C89H154O16P2/c1-4-7-10-13-16-19-22-25-28-30-32-34-36-38-40-41-43-45-46-48-50-52-55-57-60-63-66-69-72-75-87(92)99-78-84(90)79-101-106(95,96)102-80-85(91)81-103-107(97,98)104-83-86(105-89(94)77-74-71-68-65-62-59-54-27-24-21-18-15-12-9-6-3)82-100-88(93)76-73-70-67-64-61-58-56-53-51-49-47-44-42-39-37-35-33-31-29-26-23-20-17-14-11-8-5-2/h9,12,16-21,25-29,32-35,38-40,42,54,84-86,90-91H,4-8,10-11,13-15,22-24,30-31,36-37,41,43-53,55-83H2,1-3H3,(H,95,96)(H,97,98)/b12-9-,19-16-,20-17-,21-18-,28-25-,29-26-,34-32-,35-33-,40-38-,42-39-,54-27-. The van der Waals surface area contributed by atoms with Crippen molar-refractivity contribution in [3.05, 3.63) is 134 Å². The van der Waals surface area contributed by atoms with Crippen molar-refractivity contribution in [1.29, 1.82) is 0 Å². The Bertz CT molecular complexity index is 2480. The van der Waals surface area contributed by atoms with Gasteiger partial charge in [-0.05, 0) is 141 Å². The third kappa shape index (κ3) is 82.5. The number of aliphatic hydroxyl groups is 2. The Morgan fingerprint density at radius 3 is 0.785 bits per heavy atom. The molecule has 0 amide bonds. The van der Waals surface area contributed by atoms with Crippen molar-refractivity contribution in [2.75, 3.05) is 39.6 Å². The Hall–Kier alpha value is -4.31. The topological polar surface area (TPSA) is 231 Å². The lowest BCUT2D eigenvalue weighted by Gasteiger charge is -2.21. The summed E-state index contributed by atoms with van der Waals surface area (Å²) in [6.07, 6.45) is 99.3. The van der Waals surface area contributed by atoms with Gasteiger partial charge >= 0.3 is 33.6 Å². The van der Waals surface area contributed by atoms with Gasteiger partial charge in [0.1, 0.15) is 25.4 Å². The van der Waals surface area contributed by atoms with Gasteiger partial charge in [-0.2, -0.15) is 0 Å². The number of allylic oxidation sites excluding steroid dienone is 22. The smallest absolute Gasteiger partial charge is 0.463 e. The highest BCUT2D eigenvalue weighted by Crippen LogP contribution is 2.45. The first kappa shape index (κ1) is 103.